The Kier molecular flexibility index (Phi) is 6.24. The van der Waals surface area contributed by atoms with Gasteiger partial charge in [0.2, 0.25) is 0 Å². The molecule has 5 rings (SSSR count). The Bertz CT molecular complexity index is 1560. The van der Waals surface area contributed by atoms with Gasteiger partial charge < -0.3 is 19.4 Å². The summed E-state index contributed by atoms with van der Waals surface area (Å²) in [7, 11) is 2.56. The molecule has 38 heavy (non-hydrogen) atoms. The van der Waals surface area contributed by atoms with Crippen LogP contribution in [0.1, 0.15) is 38.8 Å². The van der Waals surface area contributed by atoms with Gasteiger partial charge in [-0.1, -0.05) is 0 Å². The molecule has 1 aliphatic heterocycles. The SMILES string of the molecule is COc1ccc2[nH]c3c(c2c1)CCN(C(=O)c1ccc(OC)c(C(F)(F)F)c1)[C@@H]3c1cc(F)c(F)cc1F. The molecule has 11 heteroatoms. The van der Waals surface area contributed by atoms with E-state index in [-0.39, 0.29) is 24.1 Å². The van der Waals surface area contributed by atoms with Crippen LogP contribution in [-0.4, -0.2) is 36.6 Å². The number of carbonyl (C=O) groups excluding carboxylic acids is 1. The van der Waals surface area contributed by atoms with Gasteiger partial charge in [0.1, 0.15) is 23.4 Å². The maximum absolute atomic E-state index is 15.1. The molecule has 0 spiro atoms. The maximum Gasteiger partial charge on any atom is 0.419 e. The van der Waals surface area contributed by atoms with Crippen molar-refractivity contribution in [1.82, 2.24) is 9.88 Å². The molecule has 1 atom stereocenters. The highest BCUT2D eigenvalue weighted by Gasteiger charge is 2.39. The van der Waals surface area contributed by atoms with Crippen LogP contribution in [0.4, 0.5) is 26.3 Å². The zero-order chi connectivity index (χ0) is 27.4. The number of nitrogens with zero attached hydrogens (tertiary/aromatic N) is 1. The summed E-state index contributed by atoms with van der Waals surface area (Å²) in [5, 5.41) is 0.725. The zero-order valence-corrected chi connectivity index (χ0v) is 20.1. The number of aromatic amines is 1. The number of benzene rings is 3. The van der Waals surface area contributed by atoms with Crippen molar-refractivity contribution in [2.45, 2.75) is 18.6 Å². The van der Waals surface area contributed by atoms with Gasteiger partial charge >= 0.3 is 6.18 Å². The van der Waals surface area contributed by atoms with Gasteiger partial charge in [0, 0.05) is 40.3 Å². The fourth-order valence-corrected chi connectivity index (χ4v) is 4.91. The van der Waals surface area contributed by atoms with E-state index >= 15 is 4.39 Å². The van der Waals surface area contributed by atoms with Crippen molar-refractivity contribution >= 4 is 16.8 Å². The number of rotatable bonds is 4. The van der Waals surface area contributed by atoms with Crippen molar-refractivity contribution in [3.8, 4) is 11.5 Å². The first-order chi connectivity index (χ1) is 18.0. The van der Waals surface area contributed by atoms with Crippen molar-refractivity contribution in [2.24, 2.45) is 0 Å². The van der Waals surface area contributed by atoms with Gasteiger partial charge in [-0.05, 0) is 54.4 Å². The largest absolute Gasteiger partial charge is 0.497 e. The van der Waals surface area contributed by atoms with Crippen LogP contribution in [0.3, 0.4) is 0 Å². The normalized spacial score (nSPS) is 15.5. The number of amides is 1. The number of halogens is 6. The van der Waals surface area contributed by atoms with Crippen LogP contribution in [0.25, 0.3) is 10.9 Å². The van der Waals surface area contributed by atoms with Gasteiger partial charge in [0.25, 0.3) is 5.91 Å². The molecule has 2 heterocycles. The Hall–Kier alpha value is -4.15. The molecule has 0 saturated heterocycles. The van der Waals surface area contributed by atoms with Crippen LogP contribution < -0.4 is 9.47 Å². The molecule has 1 amide bonds. The summed E-state index contributed by atoms with van der Waals surface area (Å²) in [5.74, 6) is -4.63. The van der Waals surface area contributed by atoms with E-state index in [0.29, 0.717) is 40.7 Å². The van der Waals surface area contributed by atoms with Crippen LogP contribution in [0.5, 0.6) is 11.5 Å². The summed E-state index contributed by atoms with van der Waals surface area (Å²) in [4.78, 5) is 17.9. The van der Waals surface area contributed by atoms with Crippen LogP contribution in [0, 0.1) is 17.5 Å². The van der Waals surface area contributed by atoms with E-state index in [1.165, 1.54) is 13.2 Å². The van der Waals surface area contributed by atoms with Crippen LogP contribution >= 0.6 is 0 Å². The number of hydrogen-bond donors (Lipinski definition) is 1. The van der Waals surface area contributed by atoms with Crippen molar-refractivity contribution in [2.75, 3.05) is 20.8 Å². The second-order valence-electron chi connectivity index (χ2n) is 8.78. The average molecular weight is 534 g/mol. The number of fused-ring (bicyclic) bond motifs is 3. The molecule has 0 saturated carbocycles. The maximum atomic E-state index is 15.1. The van der Waals surface area contributed by atoms with Gasteiger partial charge in [-0.2, -0.15) is 13.2 Å². The monoisotopic (exact) mass is 534 g/mol. The molecule has 1 aliphatic rings. The highest BCUT2D eigenvalue weighted by molar-refractivity contribution is 5.96. The summed E-state index contributed by atoms with van der Waals surface area (Å²) in [6.07, 6.45) is -4.54. The van der Waals surface area contributed by atoms with Crippen molar-refractivity contribution in [3.05, 3.63) is 93.9 Å². The van der Waals surface area contributed by atoms with Crippen LogP contribution in [-0.2, 0) is 12.6 Å². The van der Waals surface area contributed by atoms with E-state index in [1.54, 1.807) is 18.2 Å². The molecular formula is C27H20F6N2O3. The molecule has 0 fully saturated rings. The summed E-state index contributed by atoms with van der Waals surface area (Å²) >= 11 is 0. The quantitative estimate of drug-likeness (QED) is 0.243. The lowest BCUT2D eigenvalue weighted by molar-refractivity contribution is -0.138. The van der Waals surface area contributed by atoms with Crippen molar-refractivity contribution in [1.29, 1.82) is 0 Å². The number of hydrogen-bond acceptors (Lipinski definition) is 3. The first-order valence-corrected chi connectivity index (χ1v) is 11.4. The number of methoxy groups -OCH3 is 2. The molecule has 0 radical (unpaired) electrons. The van der Waals surface area contributed by atoms with E-state index in [1.807, 2.05) is 0 Å². The molecule has 198 valence electrons. The van der Waals surface area contributed by atoms with E-state index in [4.69, 9.17) is 9.47 Å². The number of nitrogens with one attached hydrogen (secondary N) is 1. The van der Waals surface area contributed by atoms with E-state index < -0.39 is 46.9 Å². The molecular weight excluding hydrogens is 514 g/mol. The first kappa shape index (κ1) is 25.5. The van der Waals surface area contributed by atoms with Gasteiger partial charge in [-0.15, -0.1) is 0 Å². The van der Waals surface area contributed by atoms with E-state index in [0.717, 1.165) is 23.5 Å². The van der Waals surface area contributed by atoms with E-state index in [9.17, 15) is 26.7 Å². The molecule has 0 aliphatic carbocycles. The minimum absolute atomic E-state index is 0.0352. The number of alkyl halides is 3. The summed E-state index contributed by atoms with van der Waals surface area (Å²) < 4.78 is 94.1. The smallest absolute Gasteiger partial charge is 0.419 e. The Morgan fingerprint density at radius 1 is 0.947 bits per heavy atom. The minimum Gasteiger partial charge on any atom is -0.497 e. The standard InChI is InChI=1S/C27H20F6N2O3/c1-37-14-4-5-22-16(10-14)15-7-8-35(25(24(15)34-22)17-11-20(29)21(30)12-19(17)28)26(36)13-3-6-23(38-2)18(9-13)27(31,32)33/h3-6,9-12,25,34H,7-8H2,1-2H3/t25-/m1/s1. The van der Waals surface area contributed by atoms with E-state index in [2.05, 4.69) is 4.98 Å². The molecule has 5 nitrogen and oxygen atoms in total. The Morgan fingerprint density at radius 2 is 1.68 bits per heavy atom. The summed E-state index contributed by atoms with van der Waals surface area (Å²) in [6, 6.07) is 7.76. The third kappa shape index (κ3) is 4.21. The third-order valence-corrected chi connectivity index (χ3v) is 6.68. The molecule has 1 aromatic heterocycles. The summed E-state index contributed by atoms with van der Waals surface area (Å²) in [5.41, 5.74) is -0.169. The average Bonchev–Trinajstić information content (AvgIpc) is 3.27. The predicted octanol–water partition coefficient (Wildman–Crippen LogP) is 6.41. The number of carbonyl (C=O) groups is 1. The minimum atomic E-state index is -4.81. The molecule has 4 aromatic rings. The number of H-pyrrole nitrogens is 1. The summed E-state index contributed by atoms with van der Waals surface area (Å²) in [6.45, 7) is -0.0352. The lowest BCUT2D eigenvalue weighted by atomic mass is 9.91. The van der Waals surface area contributed by atoms with Gasteiger partial charge in [-0.3, -0.25) is 4.79 Å². The highest BCUT2D eigenvalue weighted by Crippen LogP contribution is 2.42. The third-order valence-electron chi connectivity index (χ3n) is 6.68. The lowest BCUT2D eigenvalue weighted by Gasteiger charge is -2.36. The molecule has 3 aromatic carbocycles. The van der Waals surface area contributed by atoms with Gasteiger partial charge in [-0.25, -0.2) is 13.2 Å². The van der Waals surface area contributed by atoms with Crippen molar-refractivity contribution in [3.63, 3.8) is 0 Å². The van der Waals surface area contributed by atoms with Crippen LogP contribution in [0.2, 0.25) is 0 Å². The first-order valence-electron chi connectivity index (χ1n) is 11.4. The molecule has 1 N–H and O–H groups in total. The van der Waals surface area contributed by atoms with Crippen LogP contribution in [0.15, 0.2) is 48.5 Å². The highest BCUT2D eigenvalue weighted by atomic mass is 19.4. The molecule has 0 unspecified atom stereocenters. The number of ether oxygens (including phenoxy) is 2. The Morgan fingerprint density at radius 3 is 2.37 bits per heavy atom. The zero-order valence-electron chi connectivity index (χ0n) is 20.1. The Labute approximate surface area is 212 Å². The Balaban J connectivity index is 1.69. The fraction of sp³-hybridized carbons (Fsp3) is 0.222. The van der Waals surface area contributed by atoms with Gasteiger partial charge in [0.05, 0.1) is 19.8 Å². The molecule has 0 bridgehead atoms. The second-order valence-corrected chi connectivity index (χ2v) is 8.78. The van der Waals surface area contributed by atoms with Crippen molar-refractivity contribution < 1.29 is 40.6 Å². The second kappa shape index (κ2) is 9.30. The van der Waals surface area contributed by atoms with Gasteiger partial charge in [0.15, 0.2) is 11.6 Å². The fourth-order valence-electron chi connectivity index (χ4n) is 4.91. The lowest BCUT2D eigenvalue weighted by Crippen LogP contribution is -2.41. The topological polar surface area (TPSA) is 54.6 Å². The predicted molar refractivity (Wildman–Crippen MR) is 126 cm³/mol. The number of aromatic nitrogens is 1.